The Hall–Kier alpha value is -1.03. The summed E-state index contributed by atoms with van der Waals surface area (Å²) in [5.41, 5.74) is 5.30. The second kappa shape index (κ2) is 6.65. The summed E-state index contributed by atoms with van der Waals surface area (Å²) in [5, 5.41) is 0. The molecule has 0 heterocycles. The lowest BCUT2D eigenvalue weighted by atomic mass is 10.0. The van der Waals surface area contributed by atoms with Crippen molar-refractivity contribution >= 4 is 17.4 Å². The van der Waals surface area contributed by atoms with Crippen molar-refractivity contribution in [3.05, 3.63) is 77.2 Å². The zero-order valence-electron chi connectivity index (χ0n) is 9.90. The first kappa shape index (κ1) is 14.0. The molecule has 0 N–H and O–H groups in total. The lowest BCUT2D eigenvalue weighted by Gasteiger charge is -2.03. The van der Waals surface area contributed by atoms with E-state index in [4.69, 9.17) is 0 Å². The van der Waals surface area contributed by atoms with E-state index in [0.717, 1.165) is 6.42 Å². The van der Waals surface area contributed by atoms with Crippen LogP contribution in [-0.4, -0.2) is 17.4 Å². The van der Waals surface area contributed by atoms with Crippen LogP contribution < -0.4 is 0 Å². The molecule has 0 aromatic heterocycles. The van der Waals surface area contributed by atoms with Crippen LogP contribution in [0.25, 0.3) is 0 Å². The van der Waals surface area contributed by atoms with Gasteiger partial charge in [0.1, 0.15) is 0 Å². The predicted octanol–water partition coefficient (Wildman–Crippen LogP) is 2.91. The summed E-state index contributed by atoms with van der Waals surface area (Å²) in [6.07, 6.45) is 3.27. The van der Waals surface area contributed by atoms with Crippen LogP contribution in [0.1, 0.15) is 22.3 Å². The first-order chi connectivity index (χ1) is 7.74. The van der Waals surface area contributed by atoms with E-state index in [-0.39, 0.29) is 17.4 Å². The van der Waals surface area contributed by atoms with Gasteiger partial charge in [-0.25, -0.2) is 0 Å². The van der Waals surface area contributed by atoms with Crippen molar-refractivity contribution in [3.63, 3.8) is 0 Å². The number of hydrogen-bond acceptors (Lipinski definition) is 0. The normalized spacial score (nSPS) is 9.76. The Balaban J connectivity index is 0.00000144. The minimum Gasteiger partial charge on any atom is -0.0591 e. The van der Waals surface area contributed by atoms with Crippen LogP contribution in [0.15, 0.2) is 48.5 Å². The van der Waals surface area contributed by atoms with E-state index >= 15 is 0 Å². The van der Waals surface area contributed by atoms with Crippen LogP contribution in [0, 0.1) is 20.3 Å². The highest BCUT2D eigenvalue weighted by atomic mass is 27.0. The van der Waals surface area contributed by atoms with Gasteiger partial charge in [0.15, 0.2) is 17.4 Å². The Morgan fingerprint density at radius 3 is 1.76 bits per heavy atom. The lowest BCUT2D eigenvalue weighted by Crippen LogP contribution is -1.88. The Kier molecular flexibility index (Phi) is 5.49. The van der Waals surface area contributed by atoms with Gasteiger partial charge in [-0.2, -0.15) is 0 Å². The van der Waals surface area contributed by atoms with Gasteiger partial charge in [-0.05, 0) is 37.8 Å². The average molecular weight is 239 g/mol. The molecule has 2 rings (SSSR count). The molecule has 0 spiro atoms. The van der Waals surface area contributed by atoms with E-state index < -0.39 is 0 Å². The molecule has 1 radical (unpaired) electrons. The minimum atomic E-state index is 0. The molecule has 0 nitrogen and oxygen atoms in total. The molecule has 1 heteroatoms. The monoisotopic (exact) mass is 239 g/mol. The zero-order valence-corrected chi connectivity index (χ0v) is 9.90. The van der Waals surface area contributed by atoms with Gasteiger partial charge >= 0.3 is 0 Å². The molecule has 2 aromatic carbocycles. The fraction of sp³-hybridized carbons (Fsp3) is 0.188. The summed E-state index contributed by atoms with van der Waals surface area (Å²) in [5.74, 6) is 0. The maximum absolute atomic E-state index is 2.27. The van der Waals surface area contributed by atoms with Crippen molar-refractivity contribution in [2.45, 2.75) is 20.3 Å². The average Bonchev–Trinajstić information content (AvgIpc) is 2.30. The first-order valence-corrected chi connectivity index (χ1v) is 5.69. The highest BCUT2D eigenvalue weighted by Crippen LogP contribution is 2.11. The van der Waals surface area contributed by atoms with Crippen molar-refractivity contribution in [1.82, 2.24) is 0 Å². The third-order valence-electron chi connectivity index (χ3n) is 2.77. The Morgan fingerprint density at radius 1 is 0.765 bits per heavy atom. The van der Waals surface area contributed by atoms with E-state index in [0.29, 0.717) is 0 Å². The Bertz CT molecular complexity index is 394. The summed E-state index contributed by atoms with van der Waals surface area (Å²) in [7, 11) is 0. The summed E-state index contributed by atoms with van der Waals surface area (Å²) < 4.78 is 0. The molecule has 0 amide bonds. The van der Waals surface area contributed by atoms with Gasteiger partial charge in [-0.1, -0.05) is 59.7 Å². The van der Waals surface area contributed by atoms with E-state index in [1.165, 1.54) is 22.3 Å². The van der Waals surface area contributed by atoms with Crippen LogP contribution in [0.4, 0.5) is 0 Å². The smallest absolute Gasteiger partial charge is 0.0591 e. The minimum absolute atomic E-state index is 0. The summed E-state index contributed by atoms with van der Waals surface area (Å²) >= 11 is 0. The second-order valence-corrected chi connectivity index (χ2v) is 4.30. The summed E-state index contributed by atoms with van der Waals surface area (Å²) in [6, 6.07) is 17.4. The van der Waals surface area contributed by atoms with Gasteiger partial charge in [0.05, 0.1) is 0 Å². The number of hydrogen-bond donors (Lipinski definition) is 0. The molecule has 0 fully saturated rings. The number of aryl methyl sites for hydroxylation is 2. The van der Waals surface area contributed by atoms with Crippen LogP contribution >= 0.6 is 0 Å². The van der Waals surface area contributed by atoms with Gasteiger partial charge in [0.25, 0.3) is 0 Å². The largest absolute Gasteiger partial charge is 0.187 e. The van der Waals surface area contributed by atoms with E-state index in [1.807, 2.05) is 0 Å². The van der Waals surface area contributed by atoms with Gasteiger partial charge < -0.3 is 0 Å². The number of benzene rings is 2. The van der Waals surface area contributed by atoms with Crippen LogP contribution in [0.3, 0.4) is 0 Å². The van der Waals surface area contributed by atoms with Crippen molar-refractivity contribution in [2.24, 2.45) is 0 Å². The summed E-state index contributed by atoms with van der Waals surface area (Å²) in [6.45, 7) is 4.23. The predicted molar refractivity (Wildman–Crippen MR) is 79.4 cm³/mol. The molecule has 2 aromatic rings. The molecule has 87 valence electrons. The molecule has 0 bridgehead atoms. The zero-order chi connectivity index (χ0) is 11.4. The van der Waals surface area contributed by atoms with Crippen LogP contribution in [-0.2, 0) is 6.42 Å². The van der Waals surface area contributed by atoms with Gasteiger partial charge in [0.2, 0.25) is 0 Å². The van der Waals surface area contributed by atoms with Gasteiger partial charge in [-0.3, -0.25) is 0 Å². The number of rotatable bonds is 3. The molecule has 0 unspecified atom stereocenters. The third kappa shape index (κ3) is 4.38. The van der Waals surface area contributed by atoms with E-state index in [9.17, 15) is 0 Å². The van der Waals surface area contributed by atoms with E-state index in [2.05, 4.69) is 68.8 Å². The molecular formula is C16H20Al. The fourth-order valence-electron chi connectivity index (χ4n) is 1.66. The highest BCUT2D eigenvalue weighted by molar-refractivity contribution is 5.75. The Labute approximate surface area is 115 Å². The first-order valence-electron chi connectivity index (χ1n) is 5.69. The molecule has 0 aliphatic carbocycles. The van der Waals surface area contributed by atoms with Crippen LogP contribution in [0.5, 0.6) is 0 Å². The quantitative estimate of drug-likeness (QED) is 0.722. The molecular weight excluding hydrogens is 219 g/mol. The lowest BCUT2D eigenvalue weighted by molar-refractivity contribution is 1.16. The fourth-order valence-corrected chi connectivity index (χ4v) is 1.66. The van der Waals surface area contributed by atoms with Gasteiger partial charge in [-0.15, -0.1) is 0 Å². The maximum Gasteiger partial charge on any atom is 0.187 e. The van der Waals surface area contributed by atoms with Crippen molar-refractivity contribution < 1.29 is 0 Å². The van der Waals surface area contributed by atoms with Crippen molar-refractivity contribution in [2.75, 3.05) is 0 Å². The maximum atomic E-state index is 2.27. The second-order valence-electron chi connectivity index (χ2n) is 4.30. The van der Waals surface area contributed by atoms with Crippen molar-refractivity contribution in [1.29, 1.82) is 0 Å². The topological polar surface area (TPSA) is 0 Å². The standard InChI is InChI=1S/C16H17.Al.3H/c1-13-3-7-15(8-4-13)11-12-16-9-5-14(2)6-10-16;;;;/h3-11H,12H2,1-2H3;;;;. The van der Waals surface area contributed by atoms with Crippen LogP contribution in [0.2, 0.25) is 0 Å². The van der Waals surface area contributed by atoms with E-state index in [1.54, 1.807) is 0 Å². The highest BCUT2D eigenvalue weighted by Gasteiger charge is 1.96. The summed E-state index contributed by atoms with van der Waals surface area (Å²) in [4.78, 5) is 0. The molecule has 0 aliphatic rings. The third-order valence-corrected chi connectivity index (χ3v) is 2.77. The SMILES string of the molecule is Cc1ccc([CH]Cc2ccc(C)cc2)cc1.[AlH3]. The van der Waals surface area contributed by atoms with Gasteiger partial charge in [0, 0.05) is 0 Å². The molecule has 0 atom stereocenters. The molecule has 0 saturated heterocycles. The Morgan fingerprint density at radius 2 is 1.24 bits per heavy atom. The molecule has 0 saturated carbocycles. The molecule has 0 aliphatic heterocycles. The molecule has 17 heavy (non-hydrogen) atoms. The van der Waals surface area contributed by atoms with Crippen molar-refractivity contribution in [3.8, 4) is 0 Å².